The van der Waals surface area contributed by atoms with Gasteiger partial charge in [0.15, 0.2) is 6.29 Å². The van der Waals surface area contributed by atoms with Crippen molar-refractivity contribution in [2.75, 3.05) is 0 Å². The molecule has 0 aliphatic carbocycles. The van der Waals surface area contributed by atoms with Gasteiger partial charge in [-0.1, -0.05) is 71.8 Å². The van der Waals surface area contributed by atoms with Crippen molar-refractivity contribution >= 4 is 17.6 Å². The second-order valence-electron chi connectivity index (χ2n) is 9.63. The number of carbonyl (C=O) groups excluding carboxylic acids is 1. The van der Waals surface area contributed by atoms with Crippen LogP contribution in [0.25, 0.3) is 33.8 Å². The van der Waals surface area contributed by atoms with E-state index in [1.165, 1.54) is 11.1 Å². The minimum Gasteiger partial charge on any atom is -0.390 e. The van der Waals surface area contributed by atoms with Crippen molar-refractivity contribution in [1.82, 2.24) is 18.8 Å². The maximum Gasteiger partial charge on any atom is 0.169 e. The van der Waals surface area contributed by atoms with Crippen LogP contribution in [0, 0.1) is 27.7 Å². The second kappa shape index (κ2) is 10.4. The van der Waals surface area contributed by atoms with Crippen LogP contribution in [0.3, 0.4) is 0 Å². The summed E-state index contributed by atoms with van der Waals surface area (Å²) in [6.07, 6.45) is 4.81. The van der Waals surface area contributed by atoms with Crippen LogP contribution in [-0.2, 0) is 6.61 Å². The molecule has 6 heteroatoms. The average molecular weight is 503 g/mol. The zero-order valence-electron chi connectivity index (χ0n) is 22.0. The van der Waals surface area contributed by atoms with Gasteiger partial charge in [0.25, 0.3) is 0 Å². The summed E-state index contributed by atoms with van der Waals surface area (Å²) >= 11 is 0. The Kier molecular flexibility index (Phi) is 6.90. The molecule has 1 N–H and O–H groups in total. The van der Waals surface area contributed by atoms with Crippen molar-refractivity contribution in [3.05, 3.63) is 119 Å². The van der Waals surface area contributed by atoms with Crippen molar-refractivity contribution < 1.29 is 9.90 Å². The maximum absolute atomic E-state index is 11.4. The molecule has 0 aliphatic heterocycles. The second-order valence-corrected chi connectivity index (χ2v) is 9.63. The summed E-state index contributed by atoms with van der Waals surface area (Å²) in [6, 6.07) is 24.2. The van der Waals surface area contributed by atoms with E-state index in [1.54, 1.807) is 0 Å². The van der Waals surface area contributed by atoms with Crippen molar-refractivity contribution in [3.63, 3.8) is 0 Å². The van der Waals surface area contributed by atoms with Gasteiger partial charge in [-0.25, -0.2) is 9.97 Å². The summed E-state index contributed by atoms with van der Waals surface area (Å²) in [5.41, 5.74) is 11.3. The fourth-order valence-corrected chi connectivity index (χ4v) is 4.50. The predicted octanol–water partition coefficient (Wildman–Crippen LogP) is 6.54. The van der Waals surface area contributed by atoms with Crippen LogP contribution in [0.1, 0.15) is 38.4 Å². The standard InChI is InChI=1S/C16H16N2O.C16H14N2O/c2*1-11-3-6-13(7-4-11)16-14(10-19)18-9-12(2)5-8-15(18)17-16/h3-9,19H,10H2,1-2H3;3-10H,1-2H3. The van der Waals surface area contributed by atoms with Crippen molar-refractivity contribution in [1.29, 1.82) is 0 Å². The van der Waals surface area contributed by atoms with E-state index in [4.69, 9.17) is 0 Å². The van der Waals surface area contributed by atoms with Gasteiger partial charge in [-0.3, -0.25) is 9.20 Å². The van der Waals surface area contributed by atoms with E-state index in [2.05, 4.69) is 29.0 Å². The van der Waals surface area contributed by atoms with E-state index in [0.717, 1.165) is 56.9 Å². The van der Waals surface area contributed by atoms with E-state index in [9.17, 15) is 9.90 Å². The quantitative estimate of drug-likeness (QED) is 0.278. The molecule has 0 fully saturated rings. The minimum atomic E-state index is -0.0200. The number of aliphatic hydroxyl groups excluding tert-OH is 1. The number of rotatable bonds is 4. The number of carbonyl (C=O) groups is 1. The molecule has 0 bridgehead atoms. The largest absolute Gasteiger partial charge is 0.390 e. The molecular formula is C32H30N4O2. The Hall–Kier alpha value is -4.55. The lowest BCUT2D eigenvalue weighted by Gasteiger charge is -2.03. The van der Waals surface area contributed by atoms with E-state index in [1.807, 2.05) is 103 Å². The fraction of sp³-hybridized carbons (Fsp3) is 0.156. The molecule has 0 aliphatic rings. The van der Waals surface area contributed by atoms with Gasteiger partial charge in [-0.05, 0) is 51.0 Å². The smallest absolute Gasteiger partial charge is 0.169 e. The summed E-state index contributed by atoms with van der Waals surface area (Å²) in [7, 11) is 0. The summed E-state index contributed by atoms with van der Waals surface area (Å²) in [4.78, 5) is 20.6. The Balaban J connectivity index is 0.000000155. The lowest BCUT2D eigenvalue weighted by molar-refractivity contribution is 0.111. The molecule has 6 rings (SSSR count). The number of imidazole rings is 2. The highest BCUT2D eigenvalue weighted by atomic mass is 16.3. The molecule has 2 aromatic carbocycles. The SMILES string of the molecule is Cc1ccc(-c2nc3ccc(C)cn3c2C=O)cc1.Cc1ccc(-c2nc3ccc(C)cn3c2CO)cc1. The van der Waals surface area contributed by atoms with E-state index >= 15 is 0 Å². The Morgan fingerprint density at radius 1 is 0.632 bits per heavy atom. The molecule has 38 heavy (non-hydrogen) atoms. The number of hydrogen-bond donors (Lipinski definition) is 1. The summed E-state index contributed by atoms with van der Waals surface area (Å²) < 4.78 is 3.81. The fourth-order valence-electron chi connectivity index (χ4n) is 4.50. The number of nitrogens with zero attached hydrogens (tertiary/aromatic N) is 4. The lowest BCUT2D eigenvalue weighted by Crippen LogP contribution is -1.94. The Bertz CT molecular complexity index is 1740. The number of aryl methyl sites for hydroxylation is 4. The molecule has 4 aromatic heterocycles. The number of aliphatic hydroxyl groups is 1. The van der Waals surface area contributed by atoms with E-state index < -0.39 is 0 Å². The van der Waals surface area contributed by atoms with Crippen molar-refractivity contribution in [2.45, 2.75) is 34.3 Å². The number of fused-ring (bicyclic) bond motifs is 2. The highest BCUT2D eigenvalue weighted by Gasteiger charge is 2.14. The minimum absolute atomic E-state index is 0.0200. The third-order valence-electron chi connectivity index (χ3n) is 6.58. The predicted molar refractivity (Wildman–Crippen MR) is 152 cm³/mol. The molecule has 0 spiro atoms. The Labute approximate surface area is 221 Å². The van der Waals surface area contributed by atoms with Crippen LogP contribution in [0.15, 0.2) is 85.2 Å². The van der Waals surface area contributed by atoms with Gasteiger partial charge in [0.1, 0.15) is 22.7 Å². The first-order chi connectivity index (χ1) is 18.4. The molecule has 0 amide bonds. The zero-order valence-corrected chi connectivity index (χ0v) is 22.0. The molecule has 0 radical (unpaired) electrons. The first-order valence-corrected chi connectivity index (χ1v) is 12.5. The summed E-state index contributed by atoms with van der Waals surface area (Å²) in [6.45, 7) is 8.11. The lowest BCUT2D eigenvalue weighted by atomic mass is 10.1. The first-order valence-electron chi connectivity index (χ1n) is 12.5. The van der Waals surface area contributed by atoms with Gasteiger partial charge in [-0.15, -0.1) is 0 Å². The van der Waals surface area contributed by atoms with Crippen LogP contribution in [-0.4, -0.2) is 30.2 Å². The maximum atomic E-state index is 11.4. The molecule has 4 heterocycles. The Morgan fingerprint density at radius 2 is 1.08 bits per heavy atom. The molecule has 0 saturated heterocycles. The van der Waals surface area contributed by atoms with Crippen molar-refractivity contribution in [3.8, 4) is 22.5 Å². The third kappa shape index (κ3) is 4.86. The number of hydrogen-bond acceptors (Lipinski definition) is 4. The van der Waals surface area contributed by atoms with Crippen LogP contribution in [0.2, 0.25) is 0 Å². The third-order valence-corrected chi connectivity index (χ3v) is 6.58. The molecule has 0 unspecified atom stereocenters. The highest BCUT2D eigenvalue weighted by molar-refractivity contribution is 5.86. The number of aldehydes is 1. The van der Waals surface area contributed by atoms with Gasteiger partial charge >= 0.3 is 0 Å². The van der Waals surface area contributed by atoms with Crippen LogP contribution >= 0.6 is 0 Å². The molecule has 0 atom stereocenters. The number of pyridine rings is 2. The van der Waals surface area contributed by atoms with Gasteiger partial charge < -0.3 is 9.51 Å². The van der Waals surface area contributed by atoms with Crippen molar-refractivity contribution in [2.24, 2.45) is 0 Å². The first kappa shape index (κ1) is 25.1. The van der Waals surface area contributed by atoms with E-state index in [-0.39, 0.29) is 6.61 Å². The number of aromatic nitrogens is 4. The number of benzene rings is 2. The van der Waals surface area contributed by atoms with E-state index in [0.29, 0.717) is 5.69 Å². The topological polar surface area (TPSA) is 71.9 Å². The average Bonchev–Trinajstić information content (AvgIpc) is 3.47. The molecular weight excluding hydrogens is 472 g/mol. The monoisotopic (exact) mass is 502 g/mol. The Morgan fingerprint density at radius 3 is 1.61 bits per heavy atom. The van der Waals surface area contributed by atoms with Crippen LogP contribution in [0.5, 0.6) is 0 Å². The summed E-state index contributed by atoms with van der Waals surface area (Å²) in [5.74, 6) is 0. The van der Waals surface area contributed by atoms with Crippen LogP contribution < -0.4 is 0 Å². The highest BCUT2D eigenvalue weighted by Crippen LogP contribution is 2.26. The molecule has 0 saturated carbocycles. The molecule has 190 valence electrons. The molecule has 6 aromatic rings. The summed E-state index contributed by atoms with van der Waals surface area (Å²) in [5, 5.41) is 9.65. The molecule has 6 nitrogen and oxygen atoms in total. The normalized spacial score (nSPS) is 11.0. The van der Waals surface area contributed by atoms with Crippen LogP contribution in [0.4, 0.5) is 0 Å². The van der Waals surface area contributed by atoms with Gasteiger partial charge in [0.2, 0.25) is 0 Å². The van der Waals surface area contributed by atoms with Gasteiger partial charge in [0.05, 0.1) is 18.0 Å². The van der Waals surface area contributed by atoms with Gasteiger partial charge in [-0.2, -0.15) is 0 Å². The zero-order chi connectivity index (χ0) is 26.8. The van der Waals surface area contributed by atoms with Gasteiger partial charge in [0, 0.05) is 23.5 Å².